The largest absolute Gasteiger partial charge is 0.493 e. The Morgan fingerprint density at radius 3 is 2.64 bits per heavy atom. The fourth-order valence-electron chi connectivity index (χ4n) is 2.23. The Morgan fingerprint density at radius 1 is 1.14 bits per heavy atom. The van der Waals surface area contributed by atoms with Crippen LogP contribution in [0.25, 0.3) is 10.9 Å². The average Bonchev–Trinajstić information content (AvgIpc) is 2.95. The normalized spacial score (nSPS) is 10.8. The zero-order chi connectivity index (χ0) is 15.5. The highest BCUT2D eigenvalue weighted by Gasteiger charge is 2.09. The van der Waals surface area contributed by atoms with Crippen LogP contribution < -0.4 is 15.0 Å². The highest BCUT2D eigenvalue weighted by atomic mass is 16.5. The molecule has 0 amide bonds. The Bertz CT molecular complexity index is 853. The van der Waals surface area contributed by atoms with E-state index in [0.717, 1.165) is 5.39 Å². The Kier molecular flexibility index (Phi) is 3.78. The van der Waals surface area contributed by atoms with E-state index in [-0.39, 0.29) is 5.56 Å². The summed E-state index contributed by atoms with van der Waals surface area (Å²) in [5.74, 6) is 1.34. The minimum absolute atomic E-state index is 0.174. The molecule has 1 aromatic carbocycles. The van der Waals surface area contributed by atoms with Crippen molar-refractivity contribution in [2.45, 2.75) is 6.54 Å². The summed E-state index contributed by atoms with van der Waals surface area (Å²) in [5, 5.41) is 8.92. The summed E-state index contributed by atoms with van der Waals surface area (Å²) in [6.07, 6.45) is 3.26. The maximum Gasteiger partial charge on any atom is 0.292 e. The number of aryl methyl sites for hydroxylation is 1. The molecule has 114 valence electrons. The van der Waals surface area contributed by atoms with Gasteiger partial charge in [-0.25, -0.2) is 4.68 Å². The third-order valence-electron chi connectivity index (χ3n) is 3.36. The molecule has 0 N–H and O–H groups in total. The van der Waals surface area contributed by atoms with Crippen LogP contribution in [0.4, 0.5) is 0 Å². The molecule has 0 spiro atoms. The molecule has 2 aromatic heterocycles. The van der Waals surface area contributed by atoms with Gasteiger partial charge in [-0.15, -0.1) is 0 Å². The predicted octanol–water partition coefficient (Wildman–Crippen LogP) is 1.22. The summed E-state index contributed by atoms with van der Waals surface area (Å²) >= 11 is 0. The summed E-state index contributed by atoms with van der Waals surface area (Å²) < 4.78 is 13.9. The molecule has 0 saturated carbocycles. The summed E-state index contributed by atoms with van der Waals surface area (Å²) in [7, 11) is 3.21. The van der Waals surface area contributed by atoms with Gasteiger partial charge in [-0.3, -0.25) is 9.48 Å². The maximum absolute atomic E-state index is 12.1. The maximum atomic E-state index is 12.1. The van der Waals surface area contributed by atoms with Crippen LogP contribution in [0, 0.1) is 0 Å². The van der Waals surface area contributed by atoms with Gasteiger partial charge in [-0.2, -0.15) is 10.2 Å². The number of benzene rings is 1. The molecule has 0 aliphatic rings. The van der Waals surface area contributed by atoms with E-state index in [1.807, 2.05) is 24.3 Å². The lowest BCUT2D eigenvalue weighted by molar-refractivity contribution is 0.276. The molecular weight excluding hydrogens is 284 g/mol. The van der Waals surface area contributed by atoms with Gasteiger partial charge < -0.3 is 9.47 Å². The highest BCUT2D eigenvalue weighted by Crippen LogP contribution is 2.25. The quantitative estimate of drug-likeness (QED) is 0.708. The van der Waals surface area contributed by atoms with Crippen molar-refractivity contribution in [1.82, 2.24) is 19.6 Å². The van der Waals surface area contributed by atoms with Crippen LogP contribution in [0.1, 0.15) is 0 Å². The van der Waals surface area contributed by atoms with Crippen LogP contribution in [-0.2, 0) is 13.6 Å². The zero-order valence-corrected chi connectivity index (χ0v) is 12.4. The molecule has 7 heteroatoms. The van der Waals surface area contributed by atoms with Gasteiger partial charge in [0.15, 0.2) is 11.5 Å². The molecule has 22 heavy (non-hydrogen) atoms. The van der Waals surface area contributed by atoms with Crippen molar-refractivity contribution >= 4 is 10.9 Å². The smallest absolute Gasteiger partial charge is 0.292 e. The van der Waals surface area contributed by atoms with Gasteiger partial charge in [0.25, 0.3) is 5.56 Å². The second-order valence-electron chi connectivity index (χ2n) is 4.74. The number of hydrogen-bond acceptors (Lipinski definition) is 5. The average molecular weight is 300 g/mol. The fourth-order valence-corrected chi connectivity index (χ4v) is 2.23. The van der Waals surface area contributed by atoms with Crippen molar-refractivity contribution in [3.05, 3.63) is 47.0 Å². The fraction of sp³-hybridized carbons (Fsp3) is 0.267. The van der Waals surface area contributed by atoms with E-state index < -0.39 is 0 Å². The van der Waals surface area contributed by atoms with Gasteiger partial charge in [0, 0.05) is 12.4 Å². The van der Waals surface area contributed by atoms with Crippen LogP contribution in [0.15, 0.2) is 41.5 Å². The predicted molar refractivity (Wildman–Crippen MR) is 81.3 cm³/mol. The minimum Gasteiger partial charge on any atom is -0.493 e. The van der Waals surface area contributed by atoms with E-state index in [1.165, 1.54) is 4.68 Å². The number of fused-ring (bicyclic) bond motifs is 1. The summed E-state index contributed by atoms with van der Waals surface area (Å²) in [6, 6.07) is 7.43. The molecule has 0 atom stereocenters. The van der Waals surface area contributed by atoms with E-state index in [1.54, 1.807) is 31.2 Å². The van der Waals surface area contributed by atoms with Crippen LogP contribution in [0.3, 0.4) is 0 Å². The third kappa shape index (κ3) is 2.52. The molecule has 0 unspecified atom stereocenters. The standard InChI is InChI=1S/C15H16N4O3/c1-18-15(20)14-11(9-16-18)10-17-19(14)7-8-22-13-6-4-3-5-12(13)21-2/h3-6,9-10H,7-8H2,1-2H3. The van der Waals surface area contributed by atoms with Crippen molar-refractivity contribution in [3.8, 4) is 11.5 Å². The lowest BCUT2D eigenvalue weighted by Gasteiger charge is -2.10. The van der Waals surface area contributed by atoms with E-state index in [2.05, 4.69) is 10.2 Å². The van der Waals surface area contributed by atoms with Crippen molar-refractivity contribution in [2.24, 2.45) is 7.05 Å². The first-order chi connectivity index (χ1) is 10.7. The van der Waals surface area contributed by atoms with Crippen LogP contribution in [0.2, 0.25) is 0 Å². The molecule has 0 aliphatic heterocycles. The highest BCUT2D eigenvalue weighted by molar-refractivity contribution is 5.76. The first kappa shape index (κ1) is 14.1. The van der Waals surface area contributed by atoms with E-state index in [0.29, 0.717) is 30.2 Å². The molecule has 7 nitrogen and oxygen atoms in total. The Balaban J connectivity index is 1.77. The van der Waals surface area contributed by atoms with Crippen LogP contribution >= 0.6 is 0 Å². The Labute approximate surface area is 126 Å². The molecule has 0 radical (unpaired) electrons. The molecule has 3 aromatic rings. The van der Waals surface area contributed by atoms with Gasteiger partial charge in [0.1, 0.15) is 12.1 Å². The lowest BCUT2D eigenvalue weighted by Crippen LogP contribution is -2.22. The second-order valence-corrected chi connectivity index (χ2v) is 4.74. The number of nitrogens with zero attached hydrogens (tertiary/aromatic N) is 4. The molecule has 2 heterocycles. The van der Waals surface area contributed by atoms with Gasteiger partial charge in [0.05, 0.1) is 26.0 Å². The van der Waals surface area contributed by atoms with Gasteiger partial charge in [-0.1, -0.05) is 12.1 Å². The van der Waals surface area contributed by atoms with Crippen molar-refractivity contribution in [2.75, 3.05) is 13.7 Å². The Morgan fingerprint density at radius 2 is 1.86 bits per heavy atom. The number of methoxy groups -OCH3 is 1. The van der Waals surface area contributed by atoms with E-state index >= 15 is 0 Å². The van der Waals surface area contributed by atoms with Crippen LogP contribution in [0.5, 0.6) is 11.5 Å². The summed E-state index contributed by atoms with van der Waals surface area (Å²) in [5.41, 5.74) is 0.355. The number of aromatic nitrogens is 4. The number of rotatable bonds is 5. The van der Waals surface area contributed by atoms with Gasteiger partial charge in [0.2, 0.25) is 0 Å². The summed E-state index contributed by atoms with van der Waals surface area (Å²) in [4.78, 5) is 12.1. The molecule has 0 saturated heterocycles. The summed E-state index contributed by atoms with van der Waals surface area (Å²) in [6.45, 7) is 0.837. The first-order valence-corrected chi connectivity index (χ1v) is 6.84. The monoisotopic (exact) mass is 300 g/mol. The third-order valence-corrected chi connectivity index (χ3v) is 3.36. The van der Waals surface area contributed by atoms with Crippen molar-refractivity contribution in [3.63, 3.8) is 0 Å². The van der Waals surface area contributed by atoms with Crippen molar-refractivity contribution < 1.29 is 9.47 Å². The molecule has 3 rings (SSSR count). The number of hydrogen-bond donors (Lipinski definition) is 0. The van der Waals surface area contributed by atoms with Crippen molar-refractivity contribution in [1.29, 1.82) is 0 Å². The first-order valence-electron chi connectivity index (χ1n) is 6.84. The molecule has 0 fully saturated rings. The van der Waals surface area contributed by atoms with Gasteiger partial charge >= 0.3 is 0 Å². The molecule has 0 bridgehead atoms. The number of ether oxygens (including phenoxy) is 2. The van der Waals surface area contributed by atoms with Gasteiger partial charge in [-0.05, 0) is 12.1 Å². The molecule has 0 aliphatic carbocycles. The Hall–Kier alpha value is -2.83. The topological polar surface area (TPSA) is 71.2 Å². The minimum atomic E-state index is -0.174. The van der Waals surface area contributed by atoms with Crippen LogP contribution in [-0.4, -0.2) is 33.3 Å². The SMILES string of the molecule is COc1ccccc1OCCn1ncc2cnn(C)c(=O)c21. The second kappa shape index (κ2) is 5.88. The number of para-hydroxylation sites is 2. The van der Waals surface area contributed by atoms with E-state index in [4.69, 9.17) is 9.47 Å². The molecular formula is C15H16N4O3. The lowest BCUT2D eigenvalue weighted by atomic mass is 10.3. The zero-order valence-electron chi connectivity index (χ0n) is 12.4. The van der Waals surface area contributed by atoms with E-state index in [9.17, 15) is 4.79 Å².